The third-order valence-corrected chi connectivity index (χ3v) is 5.69. The molecular formula is C19H23N5O7S. The minimum absolute atomic E-state index is 0.0313. The Morgan fingerprint density at radius 1 is 1.16 bits per heavy atom. The quantitative estimate of drug-likeness (QED) is 0.241. The van der Waals surface area contributed by atoms with E-state index in [0.29, 0.717) is 0 Å². The average molecular weight is 465 g/mol. The topological polar surface area (TPSA) is 161 Å². The standard InChI is InChI=1S/C19H23N5O7S/c1-12(2)18(27)31-11-5-10-20-32(29,30)14-8-6-13(7-9-14)21-22-15-16(25)23(3)19(28)24(4)17(15)26/h6-9,20,25H,1,5,10-11H2,2-4H3. The summed E-state index contributed by atoms with van der Waals surface area (Å²) in [5.41, 5.74) is -1.50. The number of nitrogens with one attached hydrogen (secondary N) is 1. The number of rotatable bonds is 9. The summed E-state index contributed by atoms with van der Waals surface area (Å²) < 4.78 is 33.5. The van der Waals surface area contributed by atoms with E-state index in [1.54, 1.807) is 0 Å². The minimum atomic E-state index is -3.80. The molecule has 0 aliphatic carbocycles. The second kappa shape index (κ2) is 10.2. The number of azo groups is 1. The summed E-state index contributed by atoms with van der Waals surface area (Å²) in [5, 5.41) is 17.5. The first-order chi connectivity index (χ1) is 15.0. The van der Waals surface area contributed by atoms with Crippen molar-refractivity contribution in [1.29, 1.82) is 0 Å². The Bertz CT molecular complexity index is 1270. The first-order valence-electron chi connectivity index (χ1n) is 9.28. The number of aromatic hydroxyl groups is 1. The van der Waals surface area contributed by atoms with Crippen molar-refractivity contribution in [1.82, 2.24) is 13.9 Å². The molecule has 2 N–H and O–H groups in total. The highest BCUT2D eigenvalue weighted by molar-refractivity contribution is 7.89. The van der Waals surface area contributed by atoms with Gasteiger partial charge in [-0.3, -0.25) is 13.9 Å². The van der Waals surface area contributed by atoms with Gasteiger partial charge in [0.2, 0.25) is 21.6 Å². The fourth-order valence-electron chi connectivity index (χ4n) is 2.35. The van der Waals surface area contributed by atoms with Crippen LogP contribution >= 0.6 is 0 Å². The SMILES string of the molecule is C=C(C)C(=O)OCCCNS(=O)(=O)c1ccc(N=Nc2c(O)n(C)c(=O)n(C)c2=O)cc1. The highest BCUT2D eigenvalue weighted by Gasteiger charge is 2.15. The molecule has 0 aliphatic heterocycles. The number of carbonyl (C=O) groups excluding carboxylic acids is 1. The van der Waals surface area contributed by atoms with Crippen LogP contribution < -0.4 is 16.0 Å². The van der Waals surface area contributed by atoms with Crippen LogP contribution in [0.2, 0.25) is 0 Å². The van der Waals surface area contributed by atoms with E-state index >= 15 is 0 Å². The van der Waals surface area contributed by atoms with Gasteiger partial charge in [0.25, 0.3) is 5.56 Å². The molecular weight excluding hydrogens is 442 g/mol. The van der Waals surface area contributed by atoms with Gasteiger partial charge in [-0.2, -0.15) is 5.11 Å². The number of hydrogen-bond donors (Lipinski definition) is 2. The van der Waals surface area contributed by atoms with Gasteiger partial charge >= 0.3 is 11.7 Å². The lowest BCUT2D eigenvalue weighted by atomic mass is 10.3. The van der Waals surface area contributed by atoms with Crippen LogP contribution in [0.4, 0.5) is 11.4 Å². The monoisotopic (exact) mass is 465 g/mol. The van der Waals surface area contributed by atoms with Gasteiger partial charge in [0, 0.05) is 26.2 Å². The molecule has 0 fully saturated rings. The van der Waals surface area contributed by atoms with Crippen molar-refractivity contribution in [2.24, 2.45) is 24.3 Å². The first-order valence-corrected chi connectivity index (χ1v) is 10.8. The van der Waals surface area contributed by atoms with E-state index in [1.165, 1.54) is 45.3 Å². The Balaban J connectivity index is 2.06. The number of ether oxygens (including phenoxy) is 1. The maximum absolute atomic E-state index is 12.3. The number of aromatic nitrogens is 2. The highest BCUT2D eigenvalue weighted by atomic mass is 32.2. The van der Waals surface area contributed by atoms with Gasteiger partial charge in [-0.25, -0.2) is 22.7 Å². The van der Waals surface area contributed by atoms with E-state index in [4.69, 9.17) is 4.74 Å². The van der Waals surface area contributed by atoms with E-state index in [0.717, 1.165) is 9.13 Å². The molecule has 1 aromatic carbocycles. The smallest absolute Gasteiger partial charge is 0.333 e. The third-order valence-electron chi connectivity index (χ3n) is 4.22. The van der Waals surface area contributed by atoms with Gasteiger partial charge in [-0.1, -0.05) is 6.58 Å². The Morgan fingerprint density at radius 2 is 1.78 bits per heavy atom. The normalized spacial score (nSPS) is 11.6. The molecule has 0 amide bonds. The Labute approximate surface area is 183 Å². The summed E-state index contributed by atoms with van der Waals surface area (Å²) in [6, 6.07) is 5.29. The maximum Gasteiger partial charge on any atom is 0.333 e. The van der Waals surface area contributed by atoms with Gasteiger partial charge in [0.05, 0.1) is 17.2 Å². The van der Waals surface area contributed by atoms with Crippen molar-refractivity contribution >= 4 is 27.4 Å². The van der Waals surface area contributed by atoms with E-state index in [-0.39, 0.29) is 35.7 Å². The first kappa shape index (κ1) is 24.7. The van der Waals surface area contributed by atoms with Crippen LogP contribution in [-0.2, 0) is 33.7 Å². The van der Waals surface area contributed by atoms with E-state index in [9.17, 15) is 27.9 Å². The molecule has 0 bridgehead atoms. The van der Waals surface area contributed by atoms with Gasteiger partial charge in [0.15, 0.2) is 0 Å². The molecule has 0 saturated carbocycles. The second-order valence-electron chi connectivity index (χ2n) is 6.74. The molecule has 0 spiro atoms. The molecule has 0 aliphatic rings. The lowest BCUT2D eigenvalue weighted by Crippen LogP contribution is -2.36. The van der Waals surface area contributed by atoms with Crippen LogP contribution in [0.1, 0.15) is 13.3 Å². The number of nitrogens with zero attached hydrogens (tertiary/aromatic N) is 4. The highest BCUT2D eigenvalue weighted by Crippen LogP contribution is 2.23. The van der Waals surface area contributed by atoms with Crippen LogP contribution in [0, 0.1) is 0 Å². The van der Waals surface area contributed by atoms with Gasteiger partial charge in [-0.05, 0) is 37.6 Å². The largest absolute Gasteiger partial charge is 0.493 e. The van der Waals surface area contributed by atoms with Crippen molar-refractivity contribution in [2.45, 2.75) is 18.2 Å². The van der Waals surface area contributed by atoms with E-state index in [2.05, 4.69) is 21.5 Å². The number of sulfonamides is 1. The van der Waals surface area contributed by atoms with E-state index in [1.807, 2.05) is 0 Å². The maximum atomic E-state index is 12.3. The summed E-state index contributed by atoms with van der Waals surface area (Å²) in [6.45, 7) is 5.06. The van der Waals surface area contributed by atoms with Crippen LogP contribution in [0.5, 0.6) is 5.88 Å². The van der Waals surface area contributed by atoms with Crippen molar-refractivity contribution in [3.63, 3.8) is 0 Å². The van der Waals surface area contributed by atoms with Gasteiger partial charge < -0.3 is 9.84 Å². The molecule has 0 atom stereocenters. The zero-order valence-corrected chi connectivity index (χ0v) is 18.5. The predicted octanol–water partition coefficient (Wildman–Crippen LogP) is 0.993. The fourth-order valence-corrected chi connectivity index (χ4v) is 3.43. The van der Waals surface area contributed by atoms with Crippen molar-refractivity contribution in [3.8, 4) is 5.88 Å². The van der Waals surface area contributed by atoms with Crippen LogP contribution in [0.25, 0.3) is 0 Å². The molecule has 1 aromatic heterocycles. The summed E-state index contributed by atoms with van der Waals surface area (Å²) in [5.74, 6) is -1.18. The van der Waals surface area contributed by atoms with Crippen LogP contribution in [-0.4, -0.2) is 41.8 Å². The zero-order valence-electron chi connectivity index (χ0n) is 17.7. The molecule has 0 radical (unpaired) electrons. The molecule has 12 nitrogen and oxygen atoms in total. The third kappa shape index (κ3) is 5.76. The molecule has 2 rings (SSSR count). The Kier molecular flexibility index (Phi) is 7.83. The summed E-state index contributed by atoms with van der Waals surface area (Å²) in [6.07, 6.45) is 0.280. The molecule has 32 heavy (non-hydrogen) atoms. The molecule has 1 heterocycles. The minimum Gasteiger partial charge on any atom is -0.493 e. The van der Waals surface area contributed by atoms with E-state index < -0.39 is 38.8 Å². The lowest BCUT2D eigenvalue weighted by Gasteiger charge is -2.08. The predicted molar refractivity (Wildman–Crippen MR) is 115 cm³/mol. The number of carbonyl (C=O) groups is 1. The van der Waals surface area contributed by atoms with Crippen LogP contribution in [0.3, 0.4) is 0 Å². The number of hydrogen-bond acceptors (Lipinski definition) is 9. The number of esters is 1. The molecule has 2 aromatic rings. The molecule has 0 saturated heterocycles. The van der Waals surface area contributed by atoms with Gasteiger partial charge in [-0.15, -0.1) is 5.11 Å². The molecule has 13 heteroatoms. The summed E-state index contributed by atoms with van der Waals surface area (Å²) in [7, 11) is -1.29. The molecule has 0 unspecified atom stereocenters. The van der Waals surface area contributed by atoms with Crippen LogP contribution in [0.15, 0.2) is 61.1 Å². The zero-order chi connectivity index (χ0) is 24.1. The summed E-state index contributed by atoms with van der Waals surface area (Å²) in [4.78, 5) is 35.1. The molecule has 172 valence electrons. The van der Waals surface area contributed by atoms with Crippen molar-refractivity contribution < 1.29 is 23.1 Å². The van der Waals surface area contributed by atoms with Gasteiger partial charge in [0.1, 0.15) is 0 Å². The average Bonchev–Trinajstić information content (AvgIpc) is 2.76. The number of benzene rings is 1. The fraction of sp³-hybridized carbons (Fsp3) is 0.316. The Hall–Kier alpha value is -3.58. The lowest BCUT2D eigenvalue weighted by molar-refractivity contribution is -0.138. The van der Waals surface area contributed by atoms with Crippen molar-refractivity contribution in [3.05, 3.63) is 57.3 Å². The summed E-state index contributed by atoms with van der Waals surface area (Å²) >= 11 is 0. The second-order valence-corrected chi connectivity index (χ2v) is 8.51. The van der Waals surface area contributed by atoms with Crippen molar-refractivity contribution in [2.75, 3.05) is 13.2 Å². The Morgan fingerprint density at radius 3 is 2.38 bits per heavy atom.